The Morgan fingerprint density at radius 2 is 2.08 bits per heavy atom. The first-order valence-corrected chi connectivity index (χ1v) is 9.24. The third-order valence-electron chi connectivity index (χ3n) is 3.77. The molecule has 0 fully saturated rings. The highest BCUT2D eigenvalue weighted by Gasteiger charge is 2.34. The number of fused-ring (bicyclic) bond motifs is 3. The number of hydrogen-bond donors (Lipinski definition) is 1. The van der Waals surface area contributed by atoms with Crippen LogP contribution in [0.1, 0.15) is 24.8 Å². The van der Waals surface area contributed by atoms with Gasteiger partial charge in [0, 0.05) is 29.3 Å². The van der Waals surface area contributed by atoms with Crippen molar-refractivity contribution in [2.45, 2.75) is 19.2 Å². The van der Waals surface area contributed by atoms with Crippen molar-refractivity contribution in [1.82, 2.24) is 30.4 Å². The average Bonchev–Trinajstić information content (AvgIpc) is 3.20. The number of halogens is 1. The van der Waals surface area contributed by atoms with Gasteiger partial charge in [-0.25, -0.2) is 5.01 Å². The number of hydrogen-bond acceptors (Lipinski definition) is 7. The summed E-state index contributed by atoms with van der Waals surface area (Å²) in [6.07, 6.45) is 0. The second kappa shape index (κ2) is 6.32. The van der Waals surface area contributed by atoms with Gasteiger partial charge >= 0.3 is 0 Å². The summed E-state index contributed by atoms with van der Waals surface area (Å²) < 4.78 is 2.55. The lowest BCUT2D eigenvalue weighted by molar-refractivity contribution is -0.129. The molecular formula is C15H12BrN7O2S. The van der Waals surface area contributed by atoms with Crippen LogP contribution in [0.5, 0.6) is 0 Å². The molecule has 1 aliphatic heterocycles. The van der Waals surface area contributed by atoms with E-state index in [0.29, 0.717) is 10.8 Å². The molecule has 0 saturated heterocycles. The Morgan fingerprint density at radius 3 is 2.81 bits per heavy atom. The smallest absolute Gasteiger partial charge is 0.241 e. The standard InChI is InChI=1S/C15H12BrN7O2S/c1-7(24)17-15-19-22(8(2)25)14(26-15)11-6-9-5-10(16)3-4-12(9)23-13(11)18-20-21-23/h3-6,14H,1-2H3,(H,17,19,24). The van der Waals surface area contributed by atoms with Crippen molar-refractivity contribution in [2.75, 3.05) is 0 Å². The van der Waals surface area contributed by atoms with Gasteiger partial charge in [-0.3, -0.25) is 9.59 Å². The van der Waals surface area contributed by atoms with Crippen LogP contribution in [0.15, 0.2) is 33.8 Å². The topological polar surface area (TPSA) is 105 Å². The van der Waals surface area contributed by atoms with Crippen LogP contribution in [0.4, 0.5) is 0 Å². The summed E-state index contributed by atoms with van der Waals surface area (Å²) in [7, 11) is 0. The van der Waals surface area contributed by atoms with Crippen molar-refractivity contribution in [2.24, 2.45) is 5.10 Å². The van der Waals surface area contributed by atoms with E-state index in [-0.39, 0.29) is 11.8 Å². The molecule has 132 valence electrons. The number of benzene rings is 1. The second-order valence-corrected chi connectivity index (χ2v) is 7.62. The summed E-state index contributed by atoms with van der Waals surface area (Å²) in [6, 6.07) is 7.71. The number of hydrazone groups is 1. The number of pyridine rings is 1. The highest BCUT2D eigenvalue weighted by atomic mass is 79.9. The molecule has 0 radical (unpaired) electrons. The maximum Gasteiger partial charge on any atom is 0.241 e. The monoisotopic (exact) mass is 433 g/mol. The lowest BCUT2D eigenvalue weighted by atomic mass is 10.1. The van der Waals surface area contributed by atoms with Crippen molar-refractivity contribution in [3.8, 4) is 0 Å². The van der Waals surface area contributed by atoms with Crippen LogP contribution in [0.25, 0.3) is 16.6 Å². The van der Waals surface area contributed by atoms with E-state index in [1.165, 1.54) is 30.6 Å². The molecule has 0 bridgehead atoms. The fourth-order valence-electron chi connectivity index (χ4n) is 2.74. The number of carbonyl (C=O) groups is 2. The number of aromatic nitrogens is 4. The molecule has 2 amide bonds. The molecule has 1 atom stereocenters. The van der Waals surface area contributed by atoms with Crippen LogP contribution in [0, 0.1) is 0 Å². The maximum atomic E-state index is 12.1. The minimum atomic E-state index is -0.480. The SMILES string of the molecule is CC(=O)NC1=NN(C(C)=O)C(c2cc3cc(Br)ccc3n3nnnc23)S1. The highest BCUT2D eigenvalue weighted by molar-refractivity contribution is 9.10. The quantitative estimate of drug-likeness (QED) is 0.629. The fraction of sp³-hybridized carbons (Fsp3) is 0.200. The predicted molar refractivity (Wildman–Crippen MR) is 100 cm³/mol. The number of nitrogens with zero attached hydrogens (tertiary/aromatic N) is 6. The summed E-state index contributed by atoms with van der Waals surface area (Å²) >= 11 is 4.73. The molecule has 1 N–H and O–H groups in total. The van der Waals surface area contributed by atoms with Gasteiger partial charge in [0.05, 0.1) is 5.52 Å². The van der Waals surface area contributed by atoms with Gasteiger partial charge in [-0.2, -0.15) is 4.52 Å². The minimum absolute atomic E-state index is 0.247. The zero-order valence-electron chi connectivity index (χ0n) is 13.7. The van der Waals surface area contributed by atoms with Crippen molar-refractivity contribution in [1.29, 1.82) is 0 Å². The van der Waals surface area contributed by atoms with Gasteiger partial charge in [-0.15, -0.1) is 10.2 Å². The zero-order valence-corrected chi connectivity index (χ0v) is 16.1. The van der Waals surface area contributed by atoms with Crippen molar-refractivity contribution < 1.29 is 9.59 Å². The summed E-state index contributed by atoms with van der Waals surface area (Å²) in [5, 5.41) is 20.9. The first-order chi connectivity index (χ1) is 12.4. The Morgan fingerprint density at radius 1 is 1.27 bits per heavy atom. The Bertz CT molecular complexity index is 1100. The second-order valence-electron chi connectivity index (χ2n) is 5.64. The summed E-state index contributed by atoms with van der Waals surface area (Å²) in [5.41, 5.74) is 2.10. The Hall–Kier alpha value is -2.53. The number of nitrogens with one attached hydrogen (secondary N) is 1. The van der Waals surface area contributed by atoms with E-state index >= 15 is 0 Å². The van der Waals surface area contributed by atoms with Crippen LogP contribution in [-0.2, 0) is 9.59 Å². The Labute approximate surface area is 159 Å². The largest absolute Gasteiger partial charge is 0.304 e. The molecule has 1 aromatic carbocycles. The van der Waals surface area contributed by atoms with E-state index in [0.717, 1.165) is 20.9 Å². The van der Waals surface area contributed by atoms with E-state index in [1.807, 2.05) is 24.3 Å². The van der Waals surface area contributed by atoms with Gasteiger partial charge in [0.15, 0.2) is 10.8 Å². The molecular weight excluding hydrogens is 422 g/mol. The predicted octanol–water partition coefficient (Wildman–Crippen LogP) is 2.04. The first-order valence-electron chi connectivity index (χ1n) is 7.57. The molecule has 4 rings (SSSR count). The van der Waals surface area contributed by atoms with E-state index in [2.05, 4.69) is 41.9 Å². The van der Waals surface area contributed by atoms with Crippen LogP contribution in [0.2, 0.25) is 0 Å². The van der Waals surface area contributed by atoms with Crippen LogP contribution in [-0.4, -0.2) is 42.0 Å². The van der Waals surface area contributed by atoms with Crippen molar-refractivity contribution >= 4 is 61.2 Å². The third kappa shape index (κ3) is 2.82. The van der Waals surface area contributed by atoms with Gasteiger partial charge in [0.25, 0.3) is 0 Å². The fourth-order valence-corrected chi connectivity index (χ4v) is 4.27. The highest BCUT2D eigenvalue weighted by Crippen LogP contribution is 2.41. The van der Waals surface area contributed by atoms with Crippen molar-refractivity contribution in [3.05, 3.63) is 34.3 Å². The number of tetrazole rings is 1. The van der Waals surface area contributed by atoms with Gasteiger partial charge in [-0.1, -0.05) is 27.7 Å². The number of rotatable bonds is 1. The van der Waals surface area contributed by atoms with E-state index in [4.69, 9.17) is 0 Å². The van der Waals surface area contributed by atoms with E-state index < -0.39 is 5.37 Å². The Kier molecular flexibility index (Phi) is 4.11. The van der Waals surface area contributed by atoms with E-state index in [1.54, 1.807) is 4.52 Å². The molecule has 26 heavy (non-hydrogen) atoms. The first kappa shape index (κ1) is 16.9. The lowest BCUT2D eigenvalue weighted by Gasteiger charge is -2.19. The van der Waals surface area contributed by atoms with Gasteiger partial charge in [0.1, 0.15) is 5.37 Å². The van der Waals surface area contributed by atoms with Crippen molar-refractivity contribution in [3.63, 3.8) is 0 Å². The van der Waals surface area contributed by atoms with Crippen LogP contribution in [0.3, 0.4) is 0 Å². The Balaban J connectivity index is 1.88. The number of amides is 2. The molecule has 11 heteroatoms. The molecule has 1 aliphatic rings. The number of carbonyl (C=O) groups excluding carboxylic acids is 2. The summed E-state index contributed by atoms with van der Waals surface area (Å²) in [5.74, 6) is -0.500. The zero-order chi connectivity index (χ0) is 18.4. The molecule has 2 aromatic heterocycles. The normalized spacial score (nSPS) is 17.0. The summed E-state index contributed by atoms with van der Waals surface area (Å²) in [6.45, 7) is 2.81. The summed E-state index contributed by atoms with van der Waals surface area (Å²) in [4.78, 5) is 23.4. The number of thioether (sulfide) groups is 1. The lowest BCUT2D eigenvalue weighted by Crippen LogP contribution is -2.25. The molecule has 3 aromatic rings. The molecule has 1 unspecified atom stereocenters. The third-order valence-corrected chi connectivity index (χ3v) is 5.35. The van der Waals surface area contributed by atoms with Crippen LogP contribution < -0.4 is 5.32 Å². The van der Waals surface area contributed by atoms with Crippen LogP contribution >= 0.6 is 27.7 Å². The molecule has 3 heterocycles. The molecule has 9 nitrogen and oxygen atoms in total. The molecule has 0 saturated carbocycles. The van der Waals surface area contributed by atoms with Gasteiger partial charge in [-0.05, 0) is 34.7 Å². The average molecular weight is 434 g/mol. The van der Waals surface area contributed by atoms with E-state index in [9.17, 15) is 9.59 Å². The number of amidine groups is 1. The molecule has 0 aliphatic carbocycles. The maximum absolute atomic E-state index is 12.1. The van der Waals surface area contributed by atoms with Gasteiger partial charge < -0.3 is 5.32 Å². The van der Waals surface area contributed by atoms with Gasteiger partial charge in [0.2, 0.25) is 11.8 Å². The minimum Gasteiger partial charge on any atom is -0.304 e. The molecule has 0 spiro atoms.